The van der Waals surface area contributed by atoms with E-state index in [4.69, 9.17) is 4.74 Å². The van der Waals surface area contributed by atoms with Crippen LogP contribution in [0.15, 0.2) is 48.8 Å². The number of rotatable bonds is 8. The summed E-state index contributed by atoms with van der Waals surface area (Å²) >= 11 is 0. The molecule has 166 valence electrons. The van der Waals surface area contributed by atoms with Crippen LogP contribution in [-0.2, 0) is 14.3 Å². The fraction of sp³-hybridized carbons (Fsp3) is 0.409. The first-order valence-electron chi connectivity index (χ1n) is 10.3. The van der Waals surface area contributed by atoms with E-state index in [-0.39, 0.29) is 24.9 Å². The molecule has 0 radical (unpaired) electrons. The second kappa shape index (κ2) is 11.4. The summed E-state index contributed by atoms with van der Waals surface area (Å²) in [6.45, 7) is 3.55. The van der Waals surface area contributed by atoms with Gasteiger partial charge in [0, 0.05) is 58.8 Å². The first-order valence-corrected chi connectivity index (χ1v) is 10.3. The van der Waals surface area contributed by atoms with Gasteiger partial charge in [-0.3, -0.25) is 19.5 Å². The standard InChI is InChI=1S/C22H28FN5O3/c1-31-14-9-25-21(29)22(30)26-16-20(17-5-4-8-24-15-17)28-12-10-27(11-13-28)19-7-3-2-6-18(19)23/h2-8,15,20H,9-14,16H2,1H3,(H,25,29)(H,26,30)/t20-/m1/s1. The molecule has 1 fully saturated rings. The number of halogens is 1. The average molecular weight is 429 g/mol. The van der Waals surface area contributed by atoms with Crippen LogP contribution < -0.4 is 15.5 Å². The Hall–Kier alpha value is -3.04. The van der Waals surface area contributed by atoms with Crippen LogP contribution in [0.3, 0.4) is 0 Å². The van der Waals surface area contributed by atoms with Crippen molar-refractivity contribution in [2.45, 2.75) is 6.04 Å². The molecule has 2 heterocycles. The smallest absolute Gasteiger partial charge is 0.309 e. The predicted molar refractivity (Wildman–Crippen MR) is 115 cm³/mol. The third-order valence-electron chi connectivity index (χ3n) is 5.27. The number of ether oxygens (including phenoxy) is 1. The summed E-state index contributed by atoms with van der Waals surface area (Å²) in [4.78, 5) is 32.5. The molecule has 1 aromatic heterocycles. The molecule has 1 aromatic carbocycles. The van der Waals surface area contributed by atoms with E-state index in [1.807, 2.05) is 23.1 Å². The Labute approximate surface area is 181 Å². The van der Waals surface area contributed by atoms with Gasteiger partial charge in [0.1, 0.15) is 5.82 Å². The number of nitrogens with one attached hydrogen (secondary N) is 2. The van der Waals surface area contributed by atoms with E-state index in [1.54, 1.807) is 24.5 Å². The molecule has 1 saturated heterocycles. The van der Waals surface area contributed by atoms with Crippen molar-refractivity contribution in [3.63, 3.8) is 0 Å². The number of nitrogens with zero attached hydrogens (tertiary/aromatic N) is 3. The lowest BCUT2D eigenvalue weighted by Gasteiger charge is -2.40. The molecule has 2 N–H and O–H groups in total. The molecule has 0 aliphatic carbocycles. The number of hydrogen-bond donors (Lipinski definition) is 2. The molecule has 2 amide bonds. The van der Waals surface area contributed by atoms with Crippen molar-refractivity contribution < 1.29 is 18.7 Å². The number of para-hydroxylation sites is 1. The first-order chi connectivity index (χ1) is 15.1. The molecule has 31 heavy (non-hydrogen) atoms. The molecule has 0 spiro atoms. The lowest BCUT2D eigenvalue weighted by Crippen LogP contribution is -2.51. The summed E-state index contributed by atoms with van der Waals surface area (Å²) in [5.74, 6) is -1.60. The van der Waals surface area contributed by atoms with E-state index in [1.165, 1.54) is 13.2 Å². The number of amides is 2. The van der Waals surface area contributed by atoms with Gasteiger partial charge in [0.2, 0.25) is 0 Å². The first kappa shape index (κ1) is 22.6. The third kappa shape index (κ3) is 6.22. The monoisotopic (exact) mass is 429 g/mol. The maximum atomic E-state index is 14.1. The molecule has 1 atom stereocenters. The molecule has 2 aromatic rings. The summed E-state index contributed by atoms with van der Waals surface area (Å²) in [5.41, 5.74) is 1.54. The molecular formula is C22H28FN5O3. The van der Waals surface area contributed by atoms with Crippen LogP contribution in [0.2, 0.25) is 0 Å². The topological polar surface area (TPSA) is 86.8 Å². The van der Waals surface area contributed by atoms with Gasteiger partial charge in [-0.25, -0.2) is 4.39 Å². The molecule has 3 rings (SSSR count). The van der Waals surface area contributed by atoms with Crippen LogP contribution in [0.4, 0.5) is 10.1 Å². The highest BCUT2D eigenvalue weighted by atomic mass is 19.1. The second-order valence-corrected chi connectivity index (χ2v) is 7.24. The maximum Gasteiger partial charge on any atom is 0.309 e. The predicted octanol–water partition coefficient (Wildman–Crippen LogP) is 0.963. The van der Waals surface area contributed by atoms with E-state index in [0.29, 0.717) is 38.5 Å². The van der Waals surface area contributed by atoms with Crippen molar-refractivity contribution in [2.24, 2.45) is 0 Å². The average Bonchev–Trinajstić information content (AvgIpc) is 2.80. The van der Waals surface area contributed by atoms with E-state index < -0.39 is 11.8 Å². The summed E-state index contributed by atoms with van der Waals surface area (Å²) in [5, 5.41) is 5.23. The van der Waals surface area contributed by atoms with Crippen LogP contribution in [0, 0.1) is 5.82 Å². The zero-order valence-electron chi connectivity index (χ0n) is 17.6. The molecule has 1 aliphatic rings. The minimum Gasteiger partial charge on any atom is -0.383 e. The van der Waals surface area contributed by atoms with Crippen molar-refractivity contribution >= 4 is 17.5 Å². The van der Waals surface area contributed by atoms with E-state index >= 15 is 0 Å². The number of carbonyl (C=O) groups is 2. The summed E-state index contributed by atoms with van der Waals surface area (Å²) in [7, 11) is 1.52. The van der Waals surface area contributed by atoms with Gasteiger partial charge in [0.15, 0.2) is 0 Å². The van der Waals surface area contributed by atoms with Gasteiger partial charge < -0.3 is 20.3 Å². The Morgan fingerprint density at radius 2 is 1.84 bits per heavy atom. The largest absolute Gasteiger partial charge is 0.383 e. The second-order valence-electron chi connectivity index (χ2n) is 7.24. The van der Waals surface area contributed by atoms with Gasteiger partial charge in [-0.1, -0.05) is 18.2 Å². The van der Waals surface area contributed by atoms with Gasteiger partial charge >= 0.3 is 11.8 Å². The SMILES string of the molecule is COCCNC(=O)C(=O)NC[C@H](c1cccnc1)N1CCN(c2ccccc2F)CC1. The summed E-state index contributed by atoms with van der Waals surface area (Å²) in [6.07, 6.45) is 3.46. The normalized spacial score (nSPS) is 15.4. The van der Waals surface area contributed by atoms with Crippen LogP contribution in [0.1, 0.15) is 11.6 Å². The zero-order chi connectivity index (χ0) is 22.1. The van der Waals surface area contributed by atoms with Crippen molar-refractivity contribution in [3.8, 4) is 0 Å². The molecule has 1 aliphatic heterocycles. The van der Waals surface area contributed by atoms with Crippen molar-refractivity contribution in [2.75, 3.05) is 57.9 Å². The molecule has 8 nitrogen and oxygen atoms in total. The Morgan fingerprint density at radius 1 is 1.10 bits per heavy atom. The number of carbonyl (C=O) groups excluding carboxylic acids is 2. The minimum atomic E-state index is -0.689. The third-order valence-corrected chi connectivity index (χ3v) is 5.27. The number of piperazine rings is 1. The number of hydrogen-bond acceptors (Lipinski definition) is 6. The Morgan fingerprint density at radius 3 is 2.52 bits per heavy atom. The van der Waals surface area contributed by atoms with Crippen molar-refractivity contribution in [3.05, 3.63) is 60.2 Å². The number of aromatic nitrogens is 1. The highest BCUT2D eigenvalue weighted by molar-refractivity contribution is 6.35. The number of pyridine rings is 1. The summed E-state index contributed by atoms with van der Waals surface area (Å²) in [6, 6.07) is 10.4. The lowest BCUT2D eigenvalue weighted by molar-refractivity contribution is -0.139. The van der Waals surface area contributed by atoms with Gasteiger partial charge in [0.05, 0.1) is 18.3 Å². The van der Waals surface area contributed by atoms with E-state index in [0.717, 1.165) is 5.56 Å². The maximum absolute atomic E-state index is 14.1. The lowest BCUT2D eigenvalue weighted by atomic mass is 10.1. The fourth-order valence-electron chi connectivity index (χ4n) is 3.63. The van der Waals surface area contributed by atoms with Gasteiger partial charge in [-0.2, -0.15) is 0 Å². The number of methoxy groups -OCH3 is 1. The van der Waals surface area contributed by atoms with E-state index in [9.17, 15) is 14.0 Å². The van der Waals surface area contributed by atoms with Crippen molar-refractivity contribution in [1.29, 1.82) is 0 Å². The van der Waals surface area contributed by atoms with Crippen LogP contribution >= 0.6 is 0 Å². The van der Waals surface area contributed by atoms with Crippen molar-refractivity contribution in [1.82, 2.24) is 20.5 Å². The van der Waals surface area contributed by atoms with E-state index in [2.05, 4.69) is 20.5 Å². The van der Waals surface area contributed by atoms with Crippen LogP contribution in [0.25, 0.3) is 0 Å². The number of benzene rings is 1. The molecule has 0 bridgehead atoms. The Kier molecular flexibility index (Phi) is 8.31. The quantitative estimate of drug-likeness (QED) is 0.480. The summed E-state index contributed by atoms with van der Waals surface area (Å²) < 4.78 is 19.0. The van der Waals surface area contributed by atoms with Crippen LogP contribution in [-0.4, -0.2) is 74.7 Å². The Balaban J connectivity index is 1.62. The van der Waals surface area contributed by atoms with Gasteiger partial charge in [0.25, 0.3) is 0 Å². The minimum absolute atomic E-state index is 0.146. The fourth-order valence-corrected chi connectivity index (χ4v) is 3.63. The van der Waals surface area contributed by atoms with Gasteiger partial charge in [-0.15, -0.1) is 0 Å². The highest BCUT2D eigenvalue weighted by Crippen LogP contribution is 2.25. The van der Waals surface area contributed by atoms with Gasteiger partial charge in [-0.05, 0) is 23.8 Å². The molecule has 0 unspecified atom stereocenters. The highest BCUT2D eigenvalue weighted by Gasteiger charge is 2.27. The zero-order valence-corrected chi connectivity index (χ0v) is 17.6. The van der Waals surface area contributed by atoms with Crippen LogP contribution in [0.5, 0.6) is 0 Å². The molecule has 9 heteroatoms. The molecule has 0 saturated carbocycles. The Bertz CT molecular complexity index is 859. The number of anilines is 1. The molecular weight excluding hydrogens is 401 g/mol.